The van der Waals surface area contributed by atoms with E-state index in [4.69, 9.17) is 14.2 Å². The van der Waals surface area contributed by atoms with Crippen molar-refractivity contribution in [2.45, 2.75) is 0 Å². The first-order chi connectivity index (χ1) is 16.8. The summed E-state index contributed by atoms with van der Waals surface area (Å²) in [4.78, 5) is 50.2. The van der Waals surface area contributed by atoms with Crippen molar-refractivity contribution < 1.29 is 38.1 Å². The number of benzene rings is 2. The van der Waals surface area contributed by atoms with Crippen molar-refractivity contribution in [3.05, 3.63) is 50.4 Å². The lowest BCUT2D eigenvalue weighted by atomic mass is 10.2. The van der Waals surface area contributed by atoms with Gasteiger partial charge >= 0.3 is 5.97 Å². The minimum atomic E-state index is -0.588. The van der Waals surface area contributed by atoms with E-state index in [0.29, 0.717) is 32.1 Å². The van der Waals surface area contributed by atoms with Crippen LogP contribution in [0.4, 0.5) is 10.5 Å². The normalized spacial score (nSPS) is 14.2. The molecule has 0 bridgehead atoms. The van der Waals surface area contributed by atoms with E-state index in [9.17, 15) is 19.2 Å². The predicted octanol–water partition coefficient (Wildman–Crippen LogP) is 3.54. The second kappa shape index (κ2) is 11.9. The Hall–Kier alpha value is -3.26. The van der Waals surface area contributed by atoms with E-state index >= 15 is 0 Å². The maximum Gasteiger partial charge on any atom is 0.343 e. The molecule has 1 saturated heterocycles. The number of hydrogen-bond donors (Lipinski definition) is 1. The summed E-state index contributed by atoms with van der Waals surface area (Å²) in [5.41, 5.74) is 0.999. The fourth-order valence-electron chi connectivity index (χ4n) is 3.02. The Bertz CT molecular complexity index is 1200. The summed E-state index contributed by atoms with van der Waals surface area (Å²) in [5.74, 6) is -0.538. The molecular formula is C23H21IN2O8S. The zero-order valence-corrected chi connectivity index (χ0v) is 21.9. The number of nitrogens with one attached hydrogen (secondary N) is 1. The second-order valence-corrected chi connectivity index (χ2v) is 9.07. The number of nitrogens with zero attached hydrogens (tertiary/aromatic N) is 1. The molecule has 0 unspecified atom stereocenters. The van der Waals surface area contributed by atoms with E-state index in [2.05, 4.69) is 10.1 Å². The summed E-state index contributed by atoms with van der Waals surface area (Å²) in [7, 11) is 4.17. The van der Waals surface area contributed by atoms with E-state index in [1.165, 1.54) is 27.4 Å². The van der Waals surface area contributed by atoms with E-state index in [1.54, 1.807) is 36.4 Å². The molecule has 3 amide bonds. The molecule has 0 aromatic heterocycles. The molecule has 1 N–H and O–H groups in total. The van der Waals surface area contributed by atoms with Gasteiger partial charge < -0.3 is 24.3 Å². The number of amides is 3. The van der Waals surface area contributed by atoms with Gasteiger partial charge in [0, 0.05) is 0 Å². The van der Waals surface area contributed by atoms with Crippen LogP contribution in [0, 0.1) is 3.57 Å². The molecule has 1 aliphatic rings. The number of imide groups is 1. The number of carbonyl (C=O) groups excluding carboxylic acids is 4. The highest BCUT2D eigenvalue weighted by molar-refractivity contribution is 14.1. The number of carbonyl (C=O) groups is 4. The van der Waals surface area contributed by atoms with Crippen LogP contribution in [0.15, 0.2) is 41.3 Å². The number of rotatable bonds is 9. The summed E-state index contributed by atoms with van der Waals surface area (Å²) in [6.07, 6.45) is 1.53. The smallest absolute Gasteiger partial charge is 0.343 e. The Morgan fingerprint density at radius 3 is 2.49 bits per heavy atom. The van der Waals surface area contributed by atoms with Crippen LogP contribution in [0.2, 0.25) is 0 Å². The van der Waals surface area contributed by atoms with Crippen LogP contribution in [0.3, 0.4) is 0 Å². The predicted molar refractivity (Wildman–Crippen MR) is 138 cm³/mol. The lowest BCUT2D eigenvalue weighted by Crippen LogP contribution is -2.36. The molecule has 184 valence electrons. The molecule has 0 atom stereocenters. The van der Waals surface area contributed by atoms with Gasteiger partial charge in [0.2, 0.25) is 5.91 Å². The minimum absolute atomic E-state index is 0.154. The average molecular weight is 612 g/mol. The standard InChI is InChI=1S/C23H21IN2O8S/c1-31-16-7-5-4-6-15(16)25-19(27)11-26-22(29)18(35-23(26)30)10-13-8-14(24)21(17(9-13)32-2)34-12-20(28)33-3/h4-10H,11-12H2,1-3H3,(H,25,27)/b18-10-. The molecule has 35 heavy (non-hydrogen) atoms. The summed E-state index contributed by atoms with van der Waals surface area (Å²) in [6, 6.07) is 10.1. The number of methoxy groups -OCH3 is 3. The van der Waals surface area contributed by atoms with Gasteiger partial charge in [-0.15, -0.1) is 0 Å². The van der Waals surface area contributed by atoms with Gasteiger partial charge in [0.25, 0.3) is 11.1 Å². The third kappa shape index (κ3) is 6.45. The van der Waals surface area contributed by atoms with Gasteiger partial charge in [-0.2, -0.15) is 0 Å². The highest BCUT2D eigenvalue weighted by atomic mass is 127. The molecule has 2 aromatic carbocycles. The van der Waals surface area contributed by atoms with Crippen LogP contribution in [0.1, 0.15) is 5.56 Å². The fourth-order valence-corrected chi connectivity index (χ4v) is 4.64. The van der Waals surface area contributed by atoms with Crippen molar-refractivity contribution in [1.29, 1.82) is 0 Å². The molecule has 1 aliphatic heterocycles. The van der Waals surface area contributed by atoms with E-state index in [1.807, 2.05) is 22.6 Å². The van der Waals surface area contributed by atoms with Crippen molar-refractivity contribution in [3.8, 4) is 17.2 Å². The Labute approximate surface area is 219 Å². The molecule has 0 spiro atoms. The molecule has 3 rings (SSSR count). The van der Waals surface area contributed by atoms with Gasteiger partial charge in [0.05, 0.1) is 35.5 Å². The first-order valence-electron chi connectivity index (χ1n) is 10.0. The van der Waals surface area contributed by atoms with Gasteiger partial charge in [0.15, 0.2) is 18.1 Å². The zero-order valence-electron chi connectivity index (χ0n) is 19.0. The lowest BCUT2D eigenvalue weighted by molar-refractivity contribution is -0.143. The topological polar surface area (TPSA) is 120 Å². The Balaban J connectivity index is 1.75. The summed E-state index contributed by atoms with van der Waals surface area (Å²) >= 11 is 2.74. The average Bonchev–Trinajstić information content (AvgIpc) is 3.10. The van der Waals surface area contributed by atoms with Gasteiger partial charge in [-0.05, 0) is 70.3 Å². The number of thioether (sulfide) groups is 1. The molecule has 12 heteroatoms. The Morgan fingerprint density at radius 2 is 1.80 bits per heavy atom. The maximum absolute atomic E-state index is 12.9. The molecule has 2 aromatic rings. The number of anilines is 1. The van der Waals surface area contributed by atoms with Gasteiger partial charge in [0.1, 0.15) is 12.3 Å². The van der Waals surface area contributed by atoms with Gasteiger partial charge in [-0.25, -0.2) is 4.79 Å². The number of hydrogen-bond acceptors (Lipinski definition) is 9. The highest BCUT2D eigenvalue weighted by Gasteiger charge is 2.36. The van der Waals surface area contributed by atoms with Crippen molar-refractivity contribution >= 4 is 69.1 Å². The Morgan fingerprint density at radius 1 is 1.09 bits per heavy atom. The second-order valence-electron chi connectivity index (χ2n) is 6.92. The fraction of sp³-hybridized carbons (Fsp3) is 0.217. The summed E-state index contributed by atoms with van der Waals surface area (Å²) in [6.45, 7) is -0.737. The third-order valence-electron chi connectivity index (χ3n) is 4.67. The van der Waals surface area contributed by atoms with Crippen LogP contribution in [0.25, 0.3) is 6.08 Å². The lowest BCUT2D eigenvalue weighted by Gasteiger charge is -2.14. The van der Waals surface area contributed by atoms with Crippen molar-refractivity contribution in [3.63, 3.8) is 0 Å². The molecule has 0 aliphatic carbocycles. The number of ether oxygens (including phenoxy) is 4. The highest BCUT2D eigenvalue weighted by Crippen LogP contribution is 2.37. The van der Waals surface area contributed by atoms with Crippen LogP contribution < -0.4 is 19.5 Å². The van der Waals surface area contributed by atoms with Crippen molar-refractivity contribution in [1.82, 2.24) is 4.90 Å². The summed E-state index contributed by atoms with van der Waals surface area (Å²) < 4.78 is 21.2. The van der Waals surface area contributed by atoms with Crippen LogP contribution in [-0.4, -0.2) is 62.4 Å². The molecule has 1 heterocycles. The van der Waals surface area contributed by atoms with E-state index < -0.39 is 29.6 Å². The molecular weight excluding hydrogens is 591 g/mol. The maximum atomic E-state index is 12.9. The number of halogens is 1. The third-order valence-corrected chi connectivity index (χ3v) is 6.38. The molecule has 0 radical (unpaired) electrons. The van der Waals surface area contributed by atoms with E-state index in [0.717, 1.165) is 16.7 Å². The van der Waals surface area contributed by atoms with Crippen LogP contribution in [0.5, 0.6) is 17.2 Å². The van der Waals surface area contributed by atoms with Crippen molar-refractivity contribution in [2.75, 3.05) is 39.8 Å². The summed E-state index contributed by atoms with van der Waals surface area (Å²) in [5, 5.41) is 2.08. The minimum Gasteiger partial charge on any atom is -0.495 e. The Kier molecular flexibility index (Phi) is 8.98. The first kappa shape index (κ1) is 26.3. The van der Waals surface area contributed by atoms with Crippen LogP contribution in [-0.2, 0) is 19.1 Å². The largest absolute Gasteiger partial charge is 0.495 e. The monoisotopic (exact) mass is 612 g/mol. The van der Waals surface area contributed by atoms with Gasteiger partial charge in [-0.1, -0.05) is 12.1 Å². The number of esters is 1. The van der Waals surface area contributed by atoms with Crippen LogP contribution >= 0.6 is 34.4 Å². The van der Waals surface area contributed by atoms with E-state index in [-0.39, 0.29) is 11.5 Å². The van der Waals surface area contributed by atoms with Crippen molar-refractivity contribution in [2.24, 2.45) is 0 Å². The molecule has 10 nitrogen and oxygen atoms in total. The zero-order chi connectivity index (χ0) is 25.5. The van der Waals surface area contributed by atoms with Gasteiger partial charge in [-0.3, -0.25) is 19.3 Å². The quantitative estimate of drug-likeness (QED) is 0.258. The molecule has 1 fully saturated rings. The first-order valence-corrected chi connectivity index (χ1v) is 11.9. The SMILES string of the molecule is COC(=O)COc1c(I)cc(/C=C2\SC(=O)N(CC(=O)Nc3ccccc3OC)C2=O)cc1OC. The molecule has 0 saturated carbocycles. The number of para-hydroxylation sites is 2.